The minimum Gasteiger partial charge on any atom is -0.326 e. The first-order valence-corrected chi connectivity index (χ1v) is 8.37. The Balaban J connectivity index is 1.88. The van der Waals surface area contributed by atoms with Gasteiger partial charge in [-0.2, -0.15) is 0 Å². The van der Waals surface area contributed by atoms with Crippen molar-refractivity contribution < 1.29 is 9.69 Å². The molecule has 0 bridgehead atoms. The number of nitrogens with one attached hydrogen (secondary N) is 2. The largest absolute Gasteiger partial charge is 0.326 e. The summed E-state index contributed by atoms with van der Waals surface area (Å²) in [5.74, 6) is -0.0723. The van der Waals surface area contributed by atoms with Crippen LogP contribution in [0.4, 0.5) is 5.69 Å². The summed E-state index contributed by atoms with van der Waals surface area (Å²) in [5, 5.41) is 3.81. The smallest absolute Gasteiger partial charge is 0.279 e. The molecule has 1 amide bonds. The molecule has 0 spiro atoms. The first-order valence-electron chi connectivity index (χ1n) is 7.62. The Hall–Kier alpha value is -1.55. The number of benzene rings is 2. The third-order valence-electron chi connectivity index (χ3n) is 3.60. The number of quaternary nitrogens is 1. The molecule has 0 aliphatic rings. The lowest BCUT2D eigenvalue weighted by molar-refractivity contribution is -0.885. The molecule has 1 atom stereocenters. The SMILES string of the molecule is CCc1ccc(C[NH+](C)CC(=O)Nc2ccc(Cl)cc2Cl)cc1. The summed E-state index contributed by atoms with van der Waals surface area (Å²) in [6.45, 7) is 3.30. The fraction of sp³-hybridized carbons (Fsp3) is 0.278. The lowest BCUT2D eigenvalue weighted by Crippen LogP contribution is -3.08. The van der Waals surface area contributed by atoms with Gasteiger partial charge in [-0.3, -0.25) is 4.79 Å². The number of likely N-dealkylation sites (N-methyl/N-ethyl adjacent to an activating group) is 1. The molecule has 23 heavy (non-hydrogen) atoms. The normalized spacial score (nSPS) is 12.0. The Morgan fingerprint density at radius 1 is 1.09 bits per heavy atom. The Morgan fingerprint density at radius 2 is 1.74 bits per heavy atom. The summed E-state index contributed by atoms with van der Waals surface area (Å²) in [6, 6.07) is 13.5. The highest BCUT2D eigenvalue weighted by atomic mass is 35.5. The van der Waals surface area contributed by atoms with Crippen LogP contribution in [0, 0.1) is 0 Å². The van der Waals surface area contributed by atoms with Crippen LogP contribution < -0.4 is 10.2 Å². The molecule has 0 radical (unpaired) electrons. The lowest BCUT2D eigenvalue weighted by Gasteiger charge is -2.14. The number of hydrogen-bond donors (Lipinski definition) is 2. The van der Waals surface area contributed by atoms with Gasteiger partial charge in [-0.15, -0.1) is 0 Å². The van der Waals surface area contributed by atoms with Crippen LogP contribution in [0.3, 0.4) is 0 Å². The van der Waals surface area contributed by atoms with E-state index < -0.39 is 0 Å². The zero-order valence-corrected chi connectivity index (χ0v) is 14.8. The second kappa shape index (κ2) is 8.34. The molecule has 122 valence electrons. The van der Waals surface area contributed by atoms with Crippen molar-refractivity contribution in [3.63, 3.8) is 0 Å². The third-order valence-corrected chi connectivity index (χ3v) is 4.15. The number of halogens is 2. The van der Waals surface area contributed by atoms with Gasteiger partial charge < -0.3 is 10.2 Å². The van der Waals surface area contributed by atoms with Crippen molar-refractivity contribution in [3.05, 3.63) is 63.6 Å². The van der Waals surface area contributed by atoms with Gasteiger partial charge in [0.25, 0.3) is 5.91 Å². The maximum Gasteiger partial charge on any atom is 0.279 e. The molecule has 0 aromatic heterocycles. The van der Waals surface area contributed by atoms with Gasteiger partial charge >= 0.3 is 0 Å². The zero-order valence-electron chi connectivity index (χ0n) is 13.3. The van der Waals surface area contributed by atoms with E-state index in [1.165, 1.54) is 11.1 Å². The Labute approximate surface area is 147 Å². The van der Waals surface area contributed by atoms with Gasteiger partial charge in [-0.1, -0.05) is 54.4 Å². The summed E-state index contributed by atoms with van der Waals surface area (Å²) >= 11 is 11.9. The highest BCUT2D eigenvalue weighted by molar-refractivity contribution is 6.36. The van der Waals surface area contributed by atoms with E-state index in [0.717, 1.165) is 17.9 Å². The van der Waals surface area contributed by atoms with Crippen LogP contribution in [-0.2, 0) is 17.8 Å². The lowest BCUT2D eigenvalue weighted by atomic mass is 10.1. The molecule has 2 rings (SSSR count). The first-order chi connectivity index (χ1) is 11.0. The number of anilines is 1. The van der Waals surface area contributed by atoms with Crippen molar-refractivity contribution >= 4 is 34.8 Å². The van der Waals surface area contributed by atoms with E-state index >= 15 is 0 Å². The minimum atomic E-state index is -0.0723. The molecule has 2 aromatic carbocycles. The average molecular weight is 352 g/mol. The van der Waals surface area contributed by atoms with Crippen molar-refractivity contribution in [2.24, 2.45) is 0 Å². The number of rotatable bonds is 6. The number of aryl methyl sites for hydroxylation is 1. The van der Waals surface area contributed by atoms with Gasteiger partial charge in [0.2, 0.25) is 0 Å². The van der Waals surface area contributed by atoms with E-state index in [1.807, 2.05) is 7.05 Å². The van der Waals surface area contributed by atoms with Crippen LogP contribution >= 0.6 is 23.2 Å². The maximum absolute atomic E-state index is 12.1. The van der Waals surface area contributed by atoms with Crippen LogP contribution in [0.15, 0.2) is 42.5 Å². The summed E-state index contributed by atoms with van der Waals surface area (Å²) < 4.78 is 0. The number of amides is 1. The fourth-order valence-electron chi connectivity index (χ4n) is 2.36. The van der Waals surface area contributed by atoms with E-state index in [4.69, 9.17) is 23.2 Å². The zero-order chi connectivity index (χ0) is 16.8. The molecular formula is C18H21Cl2N2O+. The number of hydrogen-bond acceptors (Lipinski definition) is 1. The molecule has 0 heterocycles. The second-order valence-corrected chi connectivity index (χ2v) is 6.50. The fourth-order valence-corrected chi connectivity index (χ4v) is 2.82. The monoisotopic (exact) mass is 351 g/mol. The van der Waals surface area contributed by atoms with Gasteiger partial charge in [0.05, 0.1) is 17.8 Å². The van der Waals surface area contributed by atoms with Gasteiger partial charge in [-0.25, -0.2) is 0 Å². The van der Waals surface area contributed by atoms with E-state index in [9.17, 15) is 4.79 Å². The average Bonchev–Trinajstić information content (AvgIpc) is 2.50. The van der Waals surface area contributed by atoms with Gasteiger partial charge in [0.1, 0.15) is 6.54 Å². The van der Waals surface area contributed by atoms with Crippen LogP contribution in [0.5, 0.6) is 0 Å². The second-order valence-electron chi connectivity index (χ2n) is 5.65. The van der Waals surface area contributed by atoms with Crippen molar-refractivity contribution in [3.8, 4) is 0 Å². The topological polar surface area (TPSA) is 33.5 Å². The molecule has 1 unspecified atom stereocenters. The third kappa shape index (κ3) is 5.54. The highest BCUT2D eigenvalue weighted by Crippen LogP contribution is 2.25. The number of carbonyl (C=O) groups is 1. The highest BCUT2D eigenvalue weighted by Gasteiger charge is 2.12. The van der Waals surface area contributed by atoms with Crippen LogP contribution in [0.1, 0.15) is 18.1 Å². The predicted molar refractivity (Wildman–Crippen MR) is 96.4 cm³/mol. The molecule has 0 aliphatic carbocycles. The number of carbonyl (C=O) groups excluding carboxylic acids is 1. The van der Waals surface area contributed by atoms with Gasteiger partial charge in [-0.05, 0) is 30.2 Å². The molecule has 0 saturated heterocycles. The molecule has 3 nitrogen and oxygen atoms in total. The Morgan fingerprint density at radius 3 is 2.35 bits per heavy atom. The Bertz CT molecular complexity index is 671. The van der Waals surface area contributed by atoms with E-state index in [2.05, 4.69) is 36.5 Å². The summed E-state index contributed by atoms with van der Waals surface area (Å²) in [5.41, 5.74) is 3.12. The maximum atomic E-state index is 12.1. The van der Waals surface area contributed by atoms with Crippen molar-refractivity contribution in [1.29, 1.82) is 0 Å². The van der Waals surface area contributed by atoms with Crippen molar-refractivity contribution in [1.82, 2.24) is 0 Å². The van der Waals surface area contributed by atoms with E-state index in [-0.39, 0.29) is 5.91 Å². The molecule has 5 heteroatoms. The first kappa shape index (κ1) is 17.8. The van der Waals surface area contributed by atoms with Crippen molar-refractivity contribution in [2.45, 2.75) is 19.9 Å². The van der Waals surface area contributed by atoms with E-state index in [1.54, 1.807) is 18.2 Å². The van der Waals surface area contributed by atoms with Crippen molar-refractivity contribution in [2.75, 3.05) is 18.9 Å². The van der Waals surface area contributed by atoms with Crippen LogP contribution in [0.2, 0.25) is 10.0 Å². The quantitative estimate of drug-likeness (QED) is 0.823. The Kier molecular flexibility index (Phi) is 6.46. The predicted octanol–water partition coefficient (Wildman–Crippen LogP) is 3.21. The molecule has 2 aromatic rings. The molecule has 0 fully saturated rings. The summed E-state index contributed by atoms with van der Waals surface area (Å²) in [4.78, 5) is 13.2. The van der Waals surface area contributed by atoms with Gasteiger partial charge in [0.15, 0.2) is 6.54 Å². The summed E-state index contributed by atoms with van der Waals surface area (Å²) in [7, 11) is 2.00. The standard InChI is InChI=1S/C18H20Cl2N2O/c1-3-13-4-6-14(7-5-13)11-22(2)12-18(23)21-17-9-8-15(19)10-16(17)20/h4-10H,3,11-12H2,1-2H3,(H,21,23)/p+1. The van der Waals surface area contributed by atoms with Crippen LogP contribution in [0.25, 0.3) is 0 Å². The molecule has 2 N–H and O–H groups in total. The molecule has 0 saturated carbocycles. The van der Waals surface area contributed by atoms with Gasteiger partial charge in [0, 0.05) is 10.6 Å². The van der Waals surface area contributed by atoms with Crippen LogP contribution in [-0.4, -0.2) is 19.5 Å². The summed E-state index contributed by atoms with van der Waals surface area (Å²) in [6.07, 6.45) is 1.03. The molecule has 0 aliphatic heterocycles. The molecular weight excluding hydrogens is 331 g/mol. The minimum absolute atomic E-state index is 0.0723. The van der Waals surface area contributed by atoms with E-state index in [0.29, 0.717) is 22.3 Å².